The zero-order chi connectivity index (χ0) is 21.7. The number of guanidine groups is 1. The molecule has 3 atom stereocenters. The highest BCUT2D eigenvalue weighted by Crippen LogP contribution is 2.44. The first kappa shape index (κ1) is 22.9. The van der Waals surface area contributed by atoms with Crippen LogP contribution in [0.4, 0.5) is 0 Å². The summed E-state index contributed by atoms with van der Waals surface area (Å²) in [5.41, 5.74) is 0. The third-order valence-electron chi connectivity index (χ3n) is 7.41. The lowest BCUT2D eigenvalue weighted by molar-refractivity contribution is -0.136. The number of likely N-dealkylation sites (tertiary alicyclic amines) is 1. The summed E-state index contributed by atoms with van der Waals surface area (Å²) in [6.45, 7) is 5.95. The van der Waals surface area contributed by atoms with Gasteiger partial charge in [0.15, 0.2) is 5.96 Å². The Morgan fingerprint density at radius 3 is 2.27 bits per heavy atom. The van der Waals surface area contributed by atoms with Gasteiger partial charge in [0.05, 0.1) is 0 Å². The van der Waals surface area contributed by atoms with Gasteiger partial charge in [-0.1, -0.05) is 20.3 Å². The molecule has 3 fully saturated rings. The lowest BCUT2D eigenvalue weighted by Crippen LogP contribution is -2.53. The lowest BCUT2D eigenvalue weighted by atomic mass is 9.95. The molecule has 2 aliphatic carbocycles. The quantitative estimate of drug-likeness (QED) is 0.490. The van der Waals surface area contributed by atoms with E-state index >= 15 is 0 Å². The Balaban J connectivity index is 1.56. The van der Waals surface area contributed by atoms with Crippen molar-refractivity contribution in [2.45, 2.75) is 77.3 Å². The highest BCUT2D eigenvalue weighted by atomic mass is 16.2. The largest absolute Gasteiger partial charge is 0.354 e. The van der Waals surface area contributed by atoms with Gasteiger partial charge in [-0.05, 0) is 56.8 Å². The van der Waals surface area contributed by atoms with E-state index in [9.17, 15) is 9.59 Å². The van der Waals surface area contributed by atoms with Crippen molar-refractivity contribution < 1.29 is 9.59 Å². The van der Waals surface area contributed by atoms with Gasteiger partial charge in [0.25, 0.3) is 0 Å². The second kappa shape index (κ2) is 10.5. The summed E-state index contributed by atoms with van der Waals surface area (Å²) in [4.78, 5) is 33.0. The molecule has 0 radical (unpaired) electrons. The third-order valence-corrected chi connectivity index (χ3v) is 7.41. The van der Waals surface area contributed by atoms with Crippen molar-refractivity contribution in [3.05, 3.63) is 0 Å². The standard InChI is InChI=1S/C23H41N5O2/c1-5-17(6-2)22(30)28-11-9-19(10-12-28)25-23(24-15-21(29)27(3)4)26-20-14-16-7-8-18(20)13-16/h16-20H,5-15H2,1-4H3,(H2,24,25,26). The maximum Gasteiger partial charge on any atom is 0.243 e. The SMILES string of the molecule is CCC(CC)C(=O)N1CCC(NC(=NCC(=O)N(C)C)NC2CC3CCC2C3)CC1. The number of carbonyl (C=O) groups excluding carboxylic acids is 2. The number of piperidine rings is 1. The Morgan fingerprint density at radius 1 is 1.03 bits per heavy atom. The minimum atomic E-state index is 0.00892. The van der Waals surface area contributed by atoms with Crippen LogP contribution in [0.2, 0.25) is 0 Å². The maximum atomic E-state index is 12.7. The zero-order valence-electron chi connectivity index (χ0n) is 19.3. The Morgan fingerprint density at radius 2 is 1.73 bits per heavy atom. The molecule has 7 heteroatoms. The van der Waals surface area contributed by atoms with Crippen LogP contribution in [0.5, 0.6) is 0 Å². The number of likely N-dealkylation sites (N-methyl/N-ethyl adjacent to an activating group) is 1. The molecule has 0 aromatic heterocycles. The second-order valence-corrected chi connectivity index (χ2v) is 9.64. The van der Waals surface area contributed by atoms with Crippen molar-refractivity contribution in [2.75, 3.05) is 33.7 Å². The molecular weight excluding hydrogens is 378 g/mol. The van der Waals surface area contributed by atoms with Gasteiger partial charge >= 0.3 is 0 Å². The molecule has 1 heterocycles. The van der Waals surface area contributed by atoms with E-state index in [0.29, 0.717) is 11.9 Å². The van der Waals surface area contributed by atoms with Gasteiger partial charge in [-0.2, -0.15) is 0 Å². The lowest BCUT2D eigenvalue weighted by Gasteiger charge is -2.35. The Bertz CT molecular complexity index is 623. The minimum Gasteiger partial charge on any atom is -0.354 e. The highest BCUT2D eigenvalue weighted by Gasteiger charge is 2.40. The summed E-state index contributed by atoms with van der Waals surface area (Å²) in [5.74, 6) is 2.84. The van der Waals surface area contributed by atoms with Crippen LogP contribution in [0.15, 0.2) is 4.99 Å². The normalized spacial score (nSPS) is 26.9. The number of nitrogens with one attached hydrogen (secondary N) is 2. The number of amides is 2. The van der Waals surface area contributed by atoms with Gasteiger partial charge in [0.2, 0.25) is 11.8 Å². The summed E-state index contributed by atoms with van der Waals surface area (Å²) in [5, 5.41) is 7.23. The fourth-order valence-electron chi connectivity index (χ4n) is 5.35. The van der Waals surface area contributed by atoms with Crippen LogP contribution >= 0.6 is 0 Å². The van der Waals surface area contributed by atoms with Crippen molar-refractivity contribution in [2.24, 2.45) is 22.7 Å². The summed E-state index contributed by atoms with van der Waals surface area (Å²) in [6.07, 6.45) is 8.90. The smallest absolute Gasteiger partial charge is 0.243 e. The van der Waals surface area contributed by atoms with E-state index in [0.717, 1.165) is 56.6 Å². The van der Waals surface area contributed by atoms with Gasteiger partial charge in [-0.25, -0.2) is 4.99 Å². The Kier molecular flexibility index (Phi) is 8.00. The first-order valence-electron chi connectivity index (χ1n) is 12.0. The van der Waals surface area contributed by atoms with Crippen LogP contribution in [0.1, 0.15) is 65.2 Å². The highest BCUT2D eigenvalue weighted by molar-refractivity contribution is 5.85. The van der Waals surface area contributed by atoms with Crippen molar-refractivity contribution in [1.29, 1.82) is 0 Å². The average molecular weight is 420 g/mol. The van der Waals surface area contributed by atoms with Gasteiger partial charge in [0, 0.05) is 45.2 Å². The molecule has 2 bridgehead atoms. The molecule has 2 saturated carbocycles. The van der Waals surface area contributed by atoms with E-state index in [-0.39, 0.29) is 24.4 Å². The fraction of sp³-hybridized carbons (Fsp3) is 0.870. The maximum absolute atomic E-state index is 12.7. The van der Waals surface area contributed by atoms with E-state index in [4.69, 9.17) is 0 Å². The van der Waals surface area contributed by atoms with Crippen molar-refractivity contribution in [3.8, 4) is 0 Å². The van der Waals surface area contributed by atoms with E-state index in [1.54, 1.807) is 19.0 Å². The van der Waals surface area contributed by atoms with E-state index < -0.39 is 0 Å². The van der Waals surface area contributed by atoms with E-state index in [2.05, 4.69) is 29.5 Å². The minimum absolute atomic E-state index is 0.00892. The number of hydrogen-bond acceptors (Lipinski definition) is 3. The van der Waals surface area contributed by atoms with Gasteiger partial charge in [-0.15, -0.1) is 0 Å². The molecule has 0 aromatic carbocycles. The average Bonchev–Trinajstić information content (AvgIpc) is 3.36. The van der Waals surface area contributed by atoms with Crippen LogP contribution < -0.4 is 10.6 Å². The second-order valence-electron chi connectivity index (χ2n) is 9.64. The molecule has 3 unspecified atom stereocenters. The molecule has 2 amide bonds. The fourth-order valence-corrected chi connectivity index (χ4v) is 5.35. The summed E-state index contributed by atoms with van der Waals surface area (Å²) >= 11 is 0. The van der Waals surface area contributed by atoms with Gasteiger partial charge in [0.1, 0.15) is 6.54 Å². The van der Waals surface area contributed by atoms with Crippen LogP contribution in [0.25, 0.3) is 0 Å². The number of carbonyl (C=O) groups is 2. The molecule has 1 aliphatic heterocycles. The topological polar surface area (TPSA) is 77.0 Å². The molecule has 30 heavy (non-hydrogen) atoms. The van der Waals surface area contributed by atoms with E-state index in [1.165, 1.54) is 25.7 Å². The number of fused-ring (bicyclic) bond motifs is 2. The molecule has 7 nitrogen and oxygen atoms in total. The molecular formula is C23H41N5O2. The number of nitrogens with zero attached hydrogens (tertiary/aromatic N) is 3. The first-order valence-corrected chi connectivity index (χ1v) is 12.0. The van der Waals surface area contributed by atoms with Crippen LogP contribution in [-0.4, -0.2) is 73.4 Å². The van der Waals surface area contributed by atoms with Crippen molar-refractivity contribution in [3.63, 3.8) is 0 Å². The molecule has 0 spiro atoms. The van der Waals surface area contributed by atoms with E-state index in [1.807, 2.05) is 4.90 Å². The predicted molar refractivity (Wildman–Crippen MR) is 120 cm³/mol. The summed E-state index contributed by atoms with van der Waals surface area (Å²) < 4.78 is 0. The van der Waals surface area contributed by atoms with Crippen LogP contribution in [-0.2, 0) is 9.59 Å². The van der Waals surface area contributed by atoms with Crippen LogP contribution in [0, 0.1) is 17.8 Å². The predicted octanol–water partition coefficient (Wildman–Crippen LogP) is 2.23. The molecule has 1 saturated heterocycles. The van der Waals surface area contributed by atoms with Gasteiger partial charge in [-0.3, -0.25) is 9.59 Å². The summed E-state index contributed by atoms with van der Waals surface area (Å²) in [6, 6.07) is 0.760. The third kappa shape index (κ3) is 5.67. The number of hydrogen-bond donors (Lipinski definition) is 2. The van der Waals surface area contributed by atoms with Crippen LogP contribution in [0.3, 0.4) is 0 Å². The van der Waals surface area contributed by atoms with Crippen molar-refractivity contribution >= 4 is 17.8 Å². The molecule has 3 rings (SSSR count). The molecule has 2 N–H and O–H groups in total. The molecule has 0 aromatic rings. The zero-order valence-corrected chi connectivity index (χ0v) is 19.3. The Hall–Kier alpha value is -1.79. The van der Waals surface area contributed by atoms with Crippen molar-refractivity contribution in [1.82, 2.24) is 20.4 Å². The number of aliphatic imine (C=N–C) groups is 1. The molecule has 3 aliphatic rings. The monoisotopic (exact) mass is 419 g/mol. The molecule has 170 valence electrons. The summed E-state index contributed by atoms with van der Waals surface area (Å²) in [7, 11) is 3.53. The first-order chi connectivity index (χ1) is 14.4. The number of rotatable bonds is 7. The Labute approximate surface area is 182 Å². The van der Waals surface area contributed by atoms with Gasteiger partial charge < -0.3 is 20.4 Å².